The van der Waals surface area contributed by atoms with Crippen molar-refractivity contribution in [3.8, 4) is 0 Å². The normalized spacial score (nSPS) is 21.5. The Balaban J connectivity index is 2.10. The fourth-order valence-corrected chi connectivity index (χ4v) is 2.45. The molecule has 0 saturated carbocycles. The van der Waals surface area contributed by atoms with Gasteiger partial charge in [-0.3, -0.25) is 4.90 Å². The van der Waals surface area contributed by atoms with E-state index < -0.39 is 0 Å². The van der Waals surface area contributed by atoms with Crippen molar-refractivity contribution in [2.45, 2.75) is 25.3 Å². The highest BCUT2D eigenvalue weighted by Gasteiger charge is 2.23. The molecule has 1 heterocycles. The summed E-state index contributed by atoms with van der Waals surface area (Å²) >= 11 is 0. The fourth-order valence-electron chi connectivity index (χ4n) is 2.45. The van der Waals surface area contributed by atoms with E-state index in [9.17, 15) is 0 Å². The molecule has 1 saturated heterocycles. The third-order valence-corrected chi connectivity index (χ3v) is 3.41. The van der Waals surface area contributed by atoms with E-state index in [0.29, 0.717) is 0 Å². The van der Waals surface area contributed by atoms with Crippen LogP contribution < -0.4 is 5.32 Å². The lowest BCUT2D eigenvalue weighted by Crippen LogP contribution is -2.39. The van der Waals surface area contributed by atoms with Crippen molar-refractivity contribution in [1.82, 2.24) is 15.1 Å². The van der Waals surface area contributed by atoms with E-state index in [1.807, 2.05) is 0 Å². The van der Waals surface area contributed by atoms with Gasteiger partial charge in [0.05, 0.1) is 6.61 Å². The molecule has 1 N–H and O–H groups in total. The zero-order valence-corrected chi connectivity index (χ0v) is 11.7. The molecular formula is C13H29N3O. The van der Waals surface area contributed by atoms with Crippen molar-refractivity contribution < 1.29 is 4.74 Å². The molecule has 1 unspecified atom stereocenters. The second kappa shape index (κ2) is 8.86. The van der Waals surface area contributed by atoms with Crippen LogP contribution in [0.1, 0.15) is 19.3 Å². The van der Waals surface area contributed by atoms with Gasteiger partial charge in [0.1, 0.15) is 0 Å². The predicted molar refractivity (Wildman–Crippen MR) is 72.5 cm³/mol. The van der Waals surface area contributed by atoms with Gasteiger partial charge in [0.25, 0.3) is 0 Å². The highest BCUT2D eigenvalue weighted by Crippen LogP contribution is 2.16. The van der Waals surface area contributed by atoms with E-state index >= 15 is 0 Å². The van der Waals surface area contributed by atoms with Gasteiger partial charge in [-0.15, -0.1) is 0 Å². The van der Waals surface area contributed by atoms with Crippen molar-refractivity contribution >= 4 is 0 Å². The number of nitrogens with zero attached hydrogens (tertiary/aromatic N) is 2. The molecule has 4 heteroatoms. The van der Waals surface area contributed by atoms with E-state index in [-0.39, 0.29) is 0 Å². The van der Waals surface area contributed by atoms with Gasteiger partial charge in [-0.2, -0.15) is 0 Å². The van der Waals surface area contributed by atoms with Crippen LogP contribution in [0.2, 0.25) is 0 Å². The van der Waals surface area contributed by atoms with Crippen molar-refractivity contribution in [3.05, 3.63) is 0 Å². The molecule has 1 aliphatic rings. The molecule has 0 bridgehead atoms. The van der Waals surface area contributed by atoms with Crippen molar-refractivity contribution in [3.63, 3.8) is 0 Å². The summed E-state index contributed by atoms with van der Waals surface area (Å²) < 4.78 is 5.04. The van der Waals surface area contributed by atoms with Crippen molar-refractivity contribution in [2.75, 3.05) is 60.5 Å². The van der Waals surface area contributed by atoms with Crippen LogP contribution in [-0.4, -0.2) is 76.4 Å². The first-order chi connectivity index (χ1) is 8.24. The molecule has 1 fully saturated rings. The number of likely N-dealkylation sites (tertiary alicyclic amines) is 1. The number of ether oxygens (including phenoxy) is 1. The molecule has 0 amide bonds. The Bertz CT molecular complexity index is 188. The summed E-state index contributed by atoms with van der Waals surface area (Å²) in [5, 5.41) is 3.48. The van der Waals surface area contributed by atoms with E-state index in [1.54, 1.807) is 7.11 Å². The van der Waals surface area contributed by atoms with E-state index in [2.05, 4.69) is 29.2 Å². The largest absolute Gasteiger partial charge is 0.383 e. The van der Waals surface area contributed by atoms with Crippen LogP contribution in [0.25, 0.3) is 0 Å². The minimum Gasteiger partial charge on any atom is -0.383 e. The molecule has 0 aromatic heterocycles. The van der Waals surface area contributed by atoms with Gasteiger partial charge in [-0.25, -0.2) is 0 Å². The first-order valence-electron chi connectivity index (χ1n) is 6.82. The lowest BCUT2D eigenvalue weighted by atomic mass is 10.2. The molecular weight excluding hydrogens is 214 g/mol. The summed E-state index contributed by atoms with van der Waals surface area (Å²) in [5.41, 5.74) is 0. The molecule has 0 radical (unpaired) electrons. The van der Waals surface area contributed by atoms with Crippen LogP contribution in [-0.2, 0) is 4.74 Å². The van der Waals surface area contributed by atoms with E-state index in [1.165, 1.54) is 38.9 Å². The summed E-state index contributed by atoms with van der Waals surface area (Å²) in [4.78, 5) is 4.91. The molecule has 1 atom stereocenters. The summed E-state index contributed by atoms with van der Waals surface area (Å²) in [6.45, 7) is 6.62. The average molecular weight is 243 g/mol. The Morgan fingerprint density at radius 3 is 2.94 bits per heavy atom. The average Bonchev–Trinajstić information content (AvgIpc) is 2.72. The lowest BCUT2D eigenvalue weighted by molar-refractivity contribution is 0.190. The maximum atomic E-state index is 5.04. The monoisotopic (exact) mass is 243 g/mol. The van der Waals surface area contributed by atoms with Crippen LogP contribution in [0.3, 0.4) is 0 Å². The SMILES string of the molecule is COCCNCC1CCCN1CCCN(C)C. The highest BCUT2D eigenvalue weighted by molar-refractivity contribution is 4.80. The summed E-state index contributed by atoms with van der Waals surface area (Å²) in [6, 6.07) is 0.744. The number of nitrogens with one attached hydrogen (secondary N) is 1. The first-order valence-corrected chi connectivity index (χ1v) is 6.82. The molecule has 0 aromatic carbocycles. The highest BCUT2D eigenvalue weighted by atomic mass is 16.5. The lowest BCUT2D eigenvalue weighted by Gasteiger charge is -2.25. The minimum absolute atomic E-state index is 0.744. The third kappa shape index (κ3) is 6.36. The Hall–Kier alpha value is -0.160. The van der Waals surface area contributed by atoms with Gasteiger partial charge in [0, 0.05) is 26.2 Å². The first kappa shape index (κ1) is 14.9. The second-order valence-corrected chi connectivity index (χ2v) is 5.19. The maximum absolute atomic E-state index is 5.04. The summed E-state index contributed by atoms with van der Waals surface area (Å²) in [7, 11) is 6.05. The molecule has 1 aliphatic heterocycles. The molecule has 0 aliphatic carbocycles. The topological polar surface area (TPSA) is 27.7 Å². The van der Waals surface area contributed by atoms with Crippen LogP contribution in [0, 0.1) is 0 Å². The molecule has 4 nitrogen and oxygen atoms in total. The zero-order chi connectivity index (χ0) is 12.5. The number of hydrogen-bond acceptors (Lipinski definition) is 4. The standard InChI is InChI=1S/C13H29N3O/c1-15(2)8-5-10-16-9-4-6-13(16)12-14-7-11-17-3/h13-14H,4-12H2,1-3H3. The maximum Gasteiger partial charge on any atom is 0.0587 e. The van der Waals surface area contributed by atoms with Crippen LogP contribution in [0.15, 0.2) is 0 Å². The van der Waals surface area contributed by atoms with Gasteiger partial charge in [0.15, 0.2) is 0 Å². The third-order valence-electron chi connectivity index (χ3n) is 3.41. The van der Waals surface area contributed by atoms with Crippen molar-refractivity contribution in [2.24, 2.45) is 0 Å². The Morgan fingerprint density at radius 1 is 1.41 bits per heavy atom. The Kier molecular flexibility index (Phi) is 7.77. The zero-order valence-electron chi connectivity index (χ0n) is 11.7. The van der Waals surface area contributed by atoms with Gasteiger partial charge < -0.3 is 15.0 Å². The van der Waals surface area contributed by atoms with Crippen molar-refractivity contribution in [1.29, 1.82) is 0 Å². The number of rotatable bonds is 9. The van der Waals surface area contributed by atoms with Crippen LogP contribution in [0.4, 0.5) is 0 Å². The minimum atomic E-state index is 0.744. The van der Waals surface area contributed by atoms with Crippen LogP contribution >= 0.6 is 0 Å². The summed E-state index contributed by atoms with van der Waals surface area (Å²) in [5.74, 6) is 0. The van der Waals surface area contributed by atoms with E-state index in [4.69, 9.17) is 4.74 Å². The number of methoxy groups -OCH3 is 1. The van der Waals surface area contributed by atoms with E-state index in [0.717, 1.165) is 25.7 Å². The van der Waals surface area contributed by atoms with Crippen LogP contribution in [0.5, 0.6) is 0 Å². The molecule has 0 aromatic rings. The molecule has 102 valence electrons. The van der Waals surface area contributed by atoms with Gasteiger partial charge in [-0.05, 0) is 53.0 Å². The predicted octanol–water partition coefficient (Wildman–Crippen LogP) is 0.639. The Morgan fingerprint density at radius 2 is 2.24 bits per heavy atom. The Labute approximate surface area is 106 Å². The quantitative estimate of drug-likeness (QED) is 0.602. The molecule has 1 rings (SSSR count). The second-order valence-electron chi connectivity index (χ2n) is 5.19. The molecule has 17 heavy (non-hydrogen) atoms. The smallest absolute Gasteiger partial charge is 0.0587 e. The molecule has 0 spiro atoms. The van der Waals surface area contributed by atoms with Gasteiger partial charge >= 0.3 is 0 Å². The number of hydrogen-bond donors (Lipinski definition) is 1. The fraction of sp³-hybridized carbons (Fsp3) is 1.00. The summed E-state index contributed by atoms with van der Waals surface area (Å²) in [6.07, 6.45) is 3.99. The van der Waals surface area contributed by atoms with Gasteiger partial charge in [0.2, 0.25) is 0 Å². The van der Waals surface area contributed by atoms with Gasteiger partial charge in [-0.1, -0.05) is 0 Å².